The van der Waals surface area contributed by atoms with E-state index >= 15 is 0 Å². The Balaban J connectivity index is 2.41. The molecule has 0 bridgehead atoms. The number of rotatable bonds is 4. The molecule has 104 valence electrons. The lowest BCUT2D eigenvalue weighted by Crippen LogP contribution is -2.52. The quantitative estimate of drug-likeness (QED) is 0.860. The highest BCUT2D eigenvalue weighted by Crippen LogP contribution is 2.41. The van der Waals surface area contributed by atoms with E-state index in [0.29, 0.717) is 5.92 Å². The van der Waals surface area contributed by atoms with E-state index in [9.17, 15) is 4.79 Å². The summed E-state index contributed by atoms with van der Waals surface area (Å²) in [5, 5.41) is 3.45. The van der Waals surface area contributed by atoms with Crippen molar-refractivity contribution in [2.75, 3.05) is 19.4 Å². The normalized spacial score (nSPS) is 22.1. The van der Waals surface area contributed by atoms with Crippen LogP contribution in [0.3, 0.4) is 0 Å². The molecule has 1 aliphatic heterocycles. The van der Waals surface area contributed by atoms with Crippen LogP contribution < -0.4 is 5.32 Å². The number of fused-ring (bicyclic) bond motifs is 1. The van der Waals surface area contributed by atoms with Gasteiger partial charge in [0.15, 0.2) is 0 Å². The SMILES string of the molecule is COC(=O)C1(NCC(C)C)CCSc2ccccc21. The summed E-state index contributed by atoms with van der Waals surface area (Å²) in [5.74, 6) is 1.24. The van der Waals surface area contributed by atoms with E-state index in [0.717, 1.165) is 24.3 Å². The molecule has 1 aliphatic rings. The maximum absolute atomic E-state index is 12.4. The van der Waals surface area contributed by atoms with E-state index in [1.807, 2.05) is 18.2 Å². The van der Waals surface area contributed by atoms with Crippen LogP contribution in [0.1, 0.15) is 25.8 Å². The molecule has 1 N–H and O–H groups in total. The number of esters is 1. The van der Waals surface area contributed by atoms with E-state index < -0.39 is 5.54 Å². The number of hydrogen-bond acceptors (Lipinski definition) is 4. The van der Waals surface area contributed by atoms with Gasteiger partial charge in [-0.2, -0.15) is 0 Å². The lowest BCUT2D eigenvalue weighted by molar-refractivity contribution is -0.149. The maximum atomic E-state index is 12.4. The minimum Gasteiger partial charge on any atom is -0.467 e. The molecule has 4 heteroatoms. The molecule has 1 atom stereocenters. The number of thioether (sulfide) groups is 1. The van der Waals surface area contributed by atoms with Gasteiger partial charge in [0.1, 0.15) is 5.54 Å². The average Bonchev–Trinajstić information content (AvgIpc) is 2.44. The van der Waals surface area contributed by atoms with Gasteiger partial charge in [-0.1, -0.05) is 32.0 Å². The molecule has 1 heterocycles. The first-order chi connectivity index (χ1) is 9.10. The number of carbonyl (C=O) groups excluding carboxylic acids is 1. The number of methoxy groups -OCH3 is 1. The summed E-state index contributed by atoms with van der Waals surface area (Å²) in [6, 6.07) is 8.11. The van der Waals surface area contributed by atoms with Crippen molar-refractivity contribution in [2.45, 2.75) is 30.7 Å². The van der Waals surface area contributed by atoms with Gasteiger partial charge in [0.05, 0.1) is 7.11 Å². The third kappa shape index (κ3) is 2.79. The third-order valence-corrected chi connectivity index (χ3v) is 4.50. The Kier molecular flexibility index (Phi) is 4.53. The molecule has 0 saturated carbocycles. The molecule has 19 heavy (non-hydrogen) atoms. The monoisotopic (exact) mass is 279 g/mol. The predicted molar refractivity (Wildman–Crippen MR) is 78.3 cm³/mol. The molecular weight excluding hydrogens is 258 g/mol. The van der Waals surface area contributed by atoms with Crippen LogP contribution in [-0.4, -0.2) is 25.4 Å². The van der Waals surface area contributed by atoms with E-state index in [2.05, 4.69) is 25.2 Å². The molecule has 1 aromatic rings. The fraction of sp³-hybridized carbons (Fsp3) is 0.533. The topological polar surface area (TPSA) is 38.3 Å². The third-order valence-electron chi connectivity index (χ3n) is 3.43. The van der Waals surface area contributed by atoms with Crippen molar-refractivity contribution in [2.24, 2.45) is 5.92 Å². The van der Waals surface area contributed by atoms with Crippen LogP contribution in [0, 0.1) is 5.92 Å². The molecule has 0 aliphatic carbocycles. The first-order valence-corrected chi connectivity index (χ1v) is 7.64. The van der Waals surface area contributed by atoms with Crippen molar-refractivity contribution in [1.82, 2.24) is 5.32 Å². The smallest absolute Gasteiger partial charge is 0.330 e. The highest BCUT2D eigenvalue weighted by molar-refractivity contribution is 7.99. The van der Waals surface area contributed by atoms with Crippen molar-refractivity contribution in [1.29, 1.82) is 0 Å². The minimum absolute atomic E-state index is 0.180. The van der Waals surface area contributed by atoms with E-state index in [-0.39, 0.29) is 5.97 Å². The van der Waals surface area contributed by atoms with Gasteiger partial charge in [-0.15, -0.1) is 11.8 Å². The molecule has 0 radical (unpaired) electrons. The number of carbonyl (C=O) groups is 1. The summed E-state index contributed by atoms with van der Waals surface area (Å²) in [6.07, 6.45) is 0.772. The van der Waals surface area contributed by atoms with E-state index in [4.69, 9.17) is 4.74 Å². The Morgan fingerprint density at radius 1 is 1.47 bits per heavy atom. The molecule has 0 spiro atoms. The summed E-state index contributed by atoms with van der Waals surface area (Å²) >= 11 is 1.81. The molecule has 0 fully saturated rings. The molecule has 0 saturated heterocycles. The summed E-state index contributed by atoms with van der Waals surface area (Å²) in [5.41, 5.74) is 0.375. The summed E-state index contributed by atoms with van der Waals surface area (Å²) < 4.78 is 5.07. The van der Waals surface area contributed by atoms with Crippen LogP contribution in [0.4, 0.5) is 0 Å². The van der Waals surface area contributed by atoms with Crippen molar-refractivity contribution < 1.29 is 9.53 Å². The van der Waals surface area contributed by atoms with E-state index in [1.165, 1.54) is 12.0 Å². The minimum atomic E-state index is -0.680. The van der Waals surface area contributed by atoms with Gasteiger partial charge >= 0.3 is 5.97 Å². The Hall–Kier alpha value is -1.00. The number of hydrogen-bond donors (Lipinski definition) is 1. The summed E-state index contributed by atoms with van der Waals surface area (Å²) in [7, 11) is 1.46. The van der Waals surface area contributed by atoms with Crippen LogP contribution >= 0.6 is 11.8 Å². The Bertz CT molecular complexity index is 461. The van der Waals surface area contributed by atoms with Gasteiger partial charge in [0.2, 0.25) is 0 Å². The van der Waals surface area contributed by atoms with Gasteiger partial charge in [-0.05, 0) is 30.5 Å². The first-order valence-electron chi connectivity index (χ1n) is 6.66. The van der Waals surface area contributed by atoms with Crippen molar-refractivity contribution in [3.8, 4) is 0 Å². The van der Waals surface area contributed by atoms with Crippen LogP contribution in [0.15, 0.2) is 29.2 Å². The van der Waals surface area contributed by atoms with Gasteiger partial charge in [0.25, 0.3) is 0 Å². The maximum Gasteiger partial charge on any atom is 0.330 e. The van der Waals surface area contributed by atoms with Crippen LogP contribution in [0.2, 0.25) is 0 Å². The van der Waals surface area contributed by atoms with Gasteiger partial charge in [0, 0.05) is 10.6 Å². The number of nitrogens with one attached hydrogen (secondary N) is 1. The first kappa shape index (κ1) is 14.4. The Morgan fingerprint density at radius 2 is 2.21 bits per heavy atom. The molecule has 1 unspecified atom stereocenters. The zero-order valence-electron chi connectivity index (χ0n) is 11.7. The zero-order chi connectivity index (χ0) is 13.9. The Labute approximate surface area is 119 Å². The largest absolute Gasteiger partial charge is 0.467 e. The second-order valence-electron chi connectivity index (χ2n) is 5.27. The van der Waals surface area contributed by atoms with Gasteiger partial charge in [-0.3, -0.25) is 5.32 Å². The highest BCUT2D eigenvalue weighted by Gasteiger charge is 2.44. The number of ether oxygens (including phenoxy) is 1. The lowest BCUT2D eigenvalue weighted by atomic mass is 9.86. The van der Waals surface area contributed by atoms with Crippen molar-refractivity contribution in [3.05, 3.63) is 29.8 Å². The van der Waals surface area contributed by atoms with Crippen molar-refractivity contribution in [3.63, 3.8) is 0 Å². The number of benzene rings is 1. The van der Waals surface area contributed by atoms with Crippen molar-refractivity contribution >= 4 is 17.7 Å². The predicted octanol–water partition coefficient (Wildman–Crippen LogP) is 2.80. The highest BCUT2D eigenvalue weighted by atomic mass is 32.2. The molecule has 2 rings (SSSR count). The van der Waals surface area contributed by atoms with Crippen LogP contribution in [-0.2, 0) is 15.1 Å². The lowest BCUT2D eigenvalue weighted by Gasteiger charge is -2.37. The molecular formula is C15H21NO2S. The van der Waals surface area contributed by atoms with Gasteiger partial charge in [-0.25, -0.2) is 4.79 Å². The second kappa shape index (κ2) is 5.97. The molecule has 3 nitrogen and oxygen atoms in total. The Morgan fingerprint density at radius 3 is 2.89 bits per heavy atom. The van der Waals surface area contributed by atoms with Gasteiger partial charge < -0.3 is 4.74 Å². The fourth-order valence-electron chi connectivity index (χ4n) is 2.41. The average molecular weight is 279 g/mol. The molecule has 0 amide bonds. The fourth-order valence-corrected chi connectivity index (χ4v) is 3.61. The second-order valence-corrected chi connectivity index (χ2v) is 6.40. The summed E-state index contributed by atoms with van der Waals surface area (Å²) in [6.45, 7) is 5.08. The van der Waals surface area contributed by atoms with Crippen LogP contribution in [0.5, 0.6) is 0 Å². The summed E-state index contributed by atoms with van der Waals surface area (Å²) in [4.78, 5) is 13.5. The van der Waals surface area contributed by atoms with E-state index in [1.54, 1.807) is 11.8 Å². The van der Waals surface area contributed by atoms with Crippen LogP contribution in [0.25, 0.3) is 0 Å². The molecule has 0 aromatic heterocycles. The zero-order valence-corrected chi connectivity index (χ0v) is 12.5. The molecule has 1 aromatic carbocycles. The standard InChI is InChI=1S/C15H21NO2S/c1-11(2)10-16-15(14(17)18-3)8-9-19-13-7-5-4-6-12(13)15/h4-7,11,16H,8-10H2,1-3H3.